The third-order valence-corrected chi connectivity index (χ3v) is 9.09. The zero-order chi connectivity index (χ0) is 20.9. The van der Waals surface area contributed by atoms with Gasteiger partial charge >= 0.3 is 13.9 Å². The van der Waals surface area contributed by atoms with E-state index < -0.39 is 36.8 Å². The van der Waals surface area contributed by atoms with Crippen molar-refractivity contribution < 1.29 is 23.8 Å². The van der Waals surface area contributed by atoms with Crippen LogP contribution in [-0.2, 0) is 13.6 Å². The van der Waals surface area contributed by atoms with Crippen molar-refractivity contribution in [1.29, 1.82) is 0 Å². The van der Waals surface area contributed by atoms with E-state index >= 15 is 0 Å². The molecule has 9 nitrogen and oxygen atoms in total. The summed E-state index contributed by atoms with van der Waals surface area (Å²) in [5, 5.41) is 19.2. The Morgan fingerprint density at radius 1 is 1.36 bits per heavy atom. The zero-order valence-electron chi connectivity index (χ0n) is 15.8. The molecule has 0 amide bonds. The quantitative estimate of drug-likeness (QED) is 0.278. The minimum atomic E-state index is -2.33. The van der Waals surface area contributed by atoms with E-state index in [1.807, 2.05) is 0 Å². The number of anilines is 1. The van der Waals surface area contributed by atoms with Crippen LogP contribution in [-0.4, -0.2) is 60.9 Å². The highest BCUT2D eigenvalue weighted by molar-refractivity contribution is 8.77. The first-order valence-corrected chi connectivity index (χ1v) is 12.8. The van der Waals surface area contributed by atoms with Crippen LogP contribution >= 0.6 is 41.6 Å². The monoisotopic (exact) mass is 470 g/mol. The largest absolute Gasteiger partial charge is 0.697 e. The van der Waals surface area contributed by atoms with Gasteiger partial charge in [-0.15, -0.1) is 20.8 Å². The predicted octanol–water partition coefficient (Wildman–Crippen LogP) is 2.03. The summed E-state index contributed by atoms with van der Waals surface area (Å²) < 4.78 is 23.5. The summed E-state index contributed by atoms with van der Waals surface area (Å²) in [5.74, 6) is 0.744. The van der Waals surface area contributed by atoms with Crippen molar-refractivity contribution in [1.82, 2.24) is 9.55 Å². The number of aliphatic hydroxyl groups is 2. The molecule has 0 aromatic carbocycles. The summed E-state index contributed by atoms with van der Waals surface area (Å²) in [5.41, 5.74) is 4.84. The summed E-state index contributed by atoms with van der Waals surface area (Å²) in [7, 11) is 1.02. The molecule has 1 fully saturated rings. The van der Waals surface area contributed by atoms with Gasteiger partial charge in [0, 0.05) is 21.3 Å². The second-order valence-corrected chi connectivity index (χ2v) is 12.5. The number of rotatable bonds is 9. The number of hydrogen-bond donors (Lipinski definition) is 3. The number of nitrogens with zero attached hydrogens (tertiary/aromatic N) is 2. The van der Waals surface area contributed by atoms with Crippen molar-refractivity contribution in [3.05, 3.63) is 22.7 Å². The molecular weight excluding hydrogens is 445 g/mol. The third-order valence-electron chi connectivity index (χ3n) is 3.48. The van der Waals surface area contributed by atoms with Crippen molar-refractivity contribution >= 4 is 47.4 Å². The second kappa shape index (κ2) is 10.6. The lowest BCUT2D eigenvalue weighted by Gasteiger charge is -2.17. The van der Waals surface area contributed by atoms with Crippen LogP contribution in [0.15, 0.2) is 17.1 Å². The number of aliphatic hydroxyl groups excluding tert-OH is 2. The van der Waals surface area contributed by atoms with Crippen molar-refractivity contribution in [2.45, 2.75) is 48.3 Å². The smallest absolute Gasteiger partial charge is 0.389 e. The maximum atomic E-state index is 11.9. The Kier molecular flexibility index (Phi) is 9.09. The molecule has 0 bridgehead atoms. The molecule has 1 aromatic heterocycles. The summed E-state index contributed by atoms with van der Waals surface area (Å²) in [6.07, 6.45) is -0.939. The summed E-state index contributed by atoms with van der Waals surface area (Å²) >= 11 is 1.14. The van der Waals surface area contributed by atoms with Crippen LogP contribution in [0.3, 0.4) is 0 Å². The van der Waals surface area contributed by atoms with Gasteiger partial charge in [-0.1, -0.05) is 42.4 Å². The third kappa shape index (κ3) is 7.17. The van der Waals surface area contributed by atoms with E-state index in [9.17, 15) is 19.6 Å². The summed E-state index contributed by atoms with van der Waals surface area (Å²) in [6.45, 7) is 6.51. The molecule has 1 saturated heterocycles. The van der Waals surface area contributed by atoms with Crippen LogP contribution in [0.5, 0.6) is 0 Å². The molecule has 1 aliphatic rings. The maximum absolute atomic E-state index is 11.9. The second-order valence-electron chi connectivity index (χ2n) is 6.96. The Balaban J connectivity index is 1.78. The van der Waals surface area contributed by atoms with E-state index in [0.29, 0.717) is 5.75 Å². The number of nitrogen functional groups attached to an aromatic ring is 1. The van der Waals surface area contributed by atoms with Gasteiger partial charge in [0.1, 0.15) is 30.5 Å². The van der Waals surface area contributed by atoms with Gasteiger partial charge in [-0.3, -0.25) is 4.57 Å². The Morgan fingerprint density at radius 2 is 2.07 bits per heavy atom. The van der Waals surface area contributed by atoms with E-state index in [0.717, 1.165) is 11.8 Å². The fraction of sp³-hybridized carbons (Fsp3) is 0.733. The Bertz CT molecular complexity index is 732. The van der Waals surface area contributed by atoms with Crippen LogP contribution in [0.1, 0.15) is 26.1 Å². The van der Waals surface area contributed by atoms with Crippen LogP contribution < -0.4 is 11.4 Å². The van der Waals surface area contributed by atoms with Crippen molar-refractivity contribution in [3.8, 4) is 0 Å². The molecule has 158 valence electrons. The van der Waals surface area contributed by atoms with E-state index in [1.54, 1.807) is 21.6 Å². The highest BCUT2D eigenvalue weighted by atomic mass is 33.1. The minimum absolute atomic E-state index is 0.0763. The highest BCUT2D eigenvalue weighted by Crippen LogP contribution is 2.42. The van der Waals surface area contributed by atoms with Gasteiger partial charge in [-0.2, -0.15) is 4.98 Å². The van der Waals surface area contributed by atoms with Crippen LogP contribution in [0.2, 0.25) is 0 Å². The molecule has 2 heterocycles. The summed E-state index contributed by atoms with van der Waals surface area (Å²) in [4.78, 5) is 15.6. The molecule has 1 aliphatic heterocycles. The van der Waals surface area contributed by atoms with Crippen molar-refractivity contribution in [3.63, 3.8) is 0 Å². The van der Waals surface area contributed by atoms with Gasteiger partial charge in [0.25, 0.3) is 0 Å². The van der Waals surface area contributed by atoms with Crippen molar-refractivity contribution in [2.75, 3.05) is 24.7 Å². The molecule has 2 rings (SSSR count). The molecule has 0 spiro atoms. The lowest BCUT2D eigenvalue weighted by molar-refractivity contribution is 0.0112. The lowest BCUT2D eigenvalue weighted by Crippen LogP contribution is -2.36. The molecule has 13 heteroatoms. The fourth-order valence-electron chi connectivity index (χ4n) is 2.25. The number of thioether (sulfide) groups is 1. The fourth-order valence-corrected chi connectivity index (χ4v) is 6.62. The van der Waals surface area contributed by atoms with E-state index in [2.05, 4.69) is 25.8 Å². The van der Waals surface area contributed by atoms with Crippen molar-refractivity contribution in [2.24, 2.45) is 0 Å². The van der Waals surface area contributed by atoms with Gasteiger partial charge in [0.15, 0.2) is 0 Å². The molecule has 4 N–H and O–H groups in total. The Hall–Kier alpha value is -0.330. The summed E-state index contributed by atoms with van der Waals surface area (Å²) in [6, 6.07) is 1.44. The lowest BCUT2D eigenvalue weighted by atomic mass is 10.1. The molecule has 5 atom stereocenters. The average Bonchev–Trinajstić information content (AvgIpc) is 2.87. The Labute approximate surface area is 176 Å². The number of nitrogens with two attached hydrogens (primary N) is 1. The van der Waals surface area contributed by atoms with Crippen LogP contribution in [0.4, 0.5) is 5.82 Å². The van der Waals surface area contributed by atoms with Gasteiger partial charge in [-0.25, -0.2) is 4.79 Å². The number of aromatic nitrogens is 2. The highest BCUT2D eigenvalue weighted by Gasteiger charge is 2.45. The van der Waals surface area contributed by atoms with Gasteiger partial charge in [0.05, 0.1) is 11.4 Å². The first-order valence-electron chi connectivity index (χ1n) is 8.48. The normalized spacial score (nSPS) is 25.8. The SMILES string of the molecule is CC(C)(C)SSCCO[P+](=O)OC[C@H]1S[C@@H](n2ccc(N)nc2=O)[C@@H](O)[C@@H]1O. The molecule has 1 unspecified atom stereocenters. The minimum Gasteiger partial charge on any atom is -0.389 e. The maximum Gasteiger partial charge on any atom is 0.697 e. The molecule has 0 saturated carbocycles. The Morgan fingerprint density at radius 3 is 2.71 bits per heavy atom. The van der Waals surface area contributed by atoms with E-state index in [-0.39, 0.29) is 23.8 Å². The molecule has 1 aromatic rings. The predicted molar refractivity (Wildman–Crippen MR) is 115 cm³/mol. The molecular formula is C15H25N3O6PS3+. The van der Waals surface area contributed by atoms with Gasteiger partial charge in [0.2, 0.25) is 0 Å². The van der Waals surface area contributed by atoms with Crippen LogP contribution in [0.25, 0.3) is 0 Å². The van der Waals surface area contributed by atoms with Crippen LogP contribution in [0, 0.1) is 0 Å². The first-order chi connectivity index (χ1) is 13.1. The number of hydrogen-bond acceptors (Lipinski definition) is 11. The molecule has 0 radical (unpaired) electrons. The molecule has 0 aliphatic carbocycles. The molecule has 28 heavy (non-hydrogen) atoms. The average molecular weight is 471 g/mol. The van der Waals surface area contributed by atoms with Gasteiger partial charge < -0.3 is 15.9 Å². The van der Waals surface area contributed by atoms with E-state index in [4.69, 9.17) is 14.8 Å². The van der Waals surface area contributed by atoms with E-state index in [1.165, 1.54) is 16.8 Å². The zero-order valence-corrected chi connectivity index (χ0v) is 19.1. The van der Waals surface area contributed by atoms with Gasteiger partial charge in [-0.05, 0) is 6.07 Å². The first kappa shape index (κ1) is 23.9. The topological polar surface area (TPSA) is 137 Å². The standard InChI is InChI=1S/C15H24N3O6PS3/c1-15(2,3)28-26-7-6-23-25(22)24-8-9-11(19)12(20)13(27-9)18-5-4-10(16)17-14(18)21/h4-5,9,11-13,19-20H,6-8H2,1-3H3,(H-,16,17,21)/p+1/t9-,11-,12+,13-/m1/s1.